The van der Waals surface area contributed by atoms with E-state index < -0.39 is 0 Å². The number of rotatable bonds is 10. The number of hydrogen-bond acceptors (Lipinski definition) is 6. The quantitative estimate of drug-likeness (QED) is 0.354. The Morgan fingerprint density at radius 2 is 2.00 bits per heavy atom. The molecule has 0 radical (unpaired) electrons. The minimum atomic E-state index is -0.351. The molecule has 0 spiro atoms. The fourth-order valence-electron chi connectivity index (χ4n) is 5.22. The van der Waals surface area contributed by atoms with Crippen molar-refractivity contribution in [1.29, 1.82) is 0 Å². The zero-order valence-electron chi connectivity index (χ0n) is 22.9. The van der Waals surface area contributed by atoms with E-state index in [4.69, 9.17) is 14.5 Å². The number of benzene rings is 2. The van der Waals surface area contributed by atoms with Crippen LogP contribution in [-0.2, 0) is 20.9 Å². The highest BCUT2D eigenvalue weighted by molar-refractivity contribution is 5.92. The van der Waals surface area contributed by atoms with E-state index in [-0.39, 0.29) is 17.6 Å². The minimum Gasteiger partial charge on any atom is -0.497 e. The molecule has 0 atom stereocenters. The summed E-state index contributed by atoms with van der Waals surface area (Å²) in [5, 5.41) is 0.957. The van der Waals surface area contributed by atoms with Crippen molar-refractivity contribution in [1.82, 2.24) is 14.8 Å². The van der Waals surface area contributed by atoms with Crippen LogP contribution in [0.1, 0.15) is 30.4 Å². The molecule has 3 heterocycles. The van der Waals surface area contributed by atoms with Crippen LogP contribution in [0, 0.1) is 5.82 Å². The molecule has 8 nitrogen and oxygen atoms in total. The molecule has 3 aromatic rings. The van der Waals surface area contributed by atoms with Crippen molar-refractivity contribution < 1.29 is 23.5 Å². The lowest BCUT2D eigenvalue weighted by Crippen LogP contribution is -2.38. The highest BCUT2D eigenvalue weighted by atomic mass is 19.1. The Bertz CT molecular complexity index is 1390. The summed E-state index contributed by atoms with van der Waals surface area (Å²) in [6.45, 7) is 4.84. The van der Waals surface area contributed by atoms with Crippen molar-refractivity contribution >= 4 is 34.6 Å². The molecule has 210 valence electrons. The van der Waals surface area contributed by atoms with Crippen LogP contribution in [0.15, 0.2) is 54.6 Å². The molecule has 2 fully saturated rings. The van der Waals surface area contributed by atoms with Gasteiger partial charge in [-0.15, -0.1) is 0 Å². The number of fused-ring (bicyclic) bond motifs is 1. The van der Waals surface area contributed by atoms with Crippen LogP contribution >= 0.6 is 0 Å². The van der Waals surface area contributed by atoms with Gasteiger partial charge in [-0.05, 0) is 54.8 Å². The van der Waals surface area contributed by atoms with E-state index in [2.05, 4.69) is 11.0 Å². The number of pyridine rings is 1. The zero-order chi connectivity index (χ0) is 27.9. The van der Waals surface area contributed by atoms with Gasteiger partial charge in [0.15, 0.2) is 0 Å². The van der Waals surface area contributed by atoms with Gasteiger partial charge in [0.2, 0.25) is 11.8 Å². The SMILES string of the molecule is COc1ccc2cc(CN(CCCN3CCCC3=O)C(=O)C=Cc3cccc(F)c3)c(N3CCOCC3)nc2c1. The Morgan fingerprint density at radius 1 is 1.15 bits per heavy atom. The van der Waals surface area contributed by atoms with E-state index in [0.717, 1.165) is 41.0 Å². The lowest BCUT2D eigenvalue weighted by Gasteiger charge is -2.31. The molecule has 9 heteroatoms. The Morgan fingerprint density at radius 3 is 2.75 bits per heavy atom. The fourth-order valence-corrected chi connectivity index (χ4v) is 5.22. The number of halogens is 1. The lowest BCUT2D eigenvalue weighted by molar-refractivity contribution is -0.127. The average Bonchev–Trinajstić information content (AvgIpc) is 3.39. The number of carbonyl (C=O) groups excluding carboxylic acids is 2. The lowest BCUT2D eigenvalue weighted by atomic mass is 10.1. The monoisotopic (exact) mass is 546 g/mol. The Labute approximate surface area is 234 Å². The van der Waals surface area contributed by atoms with Crippen molar-refractivity contribution in [2.45, 2.75) is 25.8 Å². The first-order chi connectivity index (χ1) is 19.5. The number of aromatic nitrogens is 1. The van der Waals surface area contributed by atoms with Crippen LogP contribution in [-0.4, -0.2) is 79.6 Å². The molecule has 2 aliphatic rings. The number of morpholine rings is 1. The summed E-state index contributed by atoms with van der Waals surface area (Å²) >= 11 is 0. The van der Waals surface area contributed by atoms with Crippen molar-refractivity contribution in [3.8, 4) is 5.75 Å². The van der Waals surface area contributed by atoms with Gasteiger partial charge in [0.05, 0.1) is 25.8 Å². The van der Waals surface area contributed by atoms with Crippen LogP contribution in [0.4, 0.5) is 10.2 Å². The predicted molar refractivity (Wildman–Crippen MR) is 153 cm³/mol. The highest BCUT2D eigenvalue weighted by Crippen LogP contribution is 2.28. The molecule has 0 aliphatic carbocycles. The molecule has 5 rings (SSSR count). The van der Waals surface area contributed by atoms with E-state index in [9.17, 15) is 14.0 Å². The van der Waals surface area contributed by atoms with Gasteiger partial charge in [-0.3, -0.25) is 9.59 Å². The molecule has 1 aromatic heterocycles. The number of amides is 2. The first-order valence-corrected chi connectivity index (χ1v) is 13.8. The first-order valence-electron chi connectivity index (χ1n) is 13.8. The van der Waals surface area contributed by atoms with Gasteiger partial charge in [0.1, 0.15) is 17.4 Å². The standard InChI is InChI=1S/C31H35FN4O4/c1-39-27-10-9-24-20-25(31(33-28(24)21-27)35-15-17-40-18-16-35)22-36(14-4-13-34-12-3-7-29(34)37)30(38)11-8-23-5-2-6-26(32)19-23/h2,5-6,8-11,19-21H,3-4,7,12-18,22H2,1H3. The van der Waals surface area contributed by atoms with E-state index in [1.165, 1.54) is 18.2 Å². The summed E-state index contributed by atoms with van der Waals surface area (Å²) in [5.74, 6) is 1.20. The maximum Gasteiger partial charge on any atom is 0.246 e. The van der Waals surface area contributed by atoms with Gasteiger partial charge in [0, 0.05) is 68.8 Å². The minimum absolute atomic E-state index is 0.174. The highest BCUT2D eigenvalue weighted by Gasteiger charge is 2.23. The number of hydrogen-bond donors (Lipinski definition) is 0. The predicted octanol–water partition coefficient (Wildman–Crippen LogP) is 4.27. The zero-order valence-corrected chi connectivity index (χ0v) is 22.9. The van der Waals surface area contributed by atoms with E-state index in [0.29, 0.717) is 64.3 Å². The van der Waals surface area contributed by atoms with E-state index in [1.54, 1.807) is 30.2 Å². The molecular weight excluding hydrogens is 511 g/mol. The third-order valence-electron chi connectivity index (χ3n) is 7.36. The van der Waals surface area contributed by atoms with Crippen molar-refractivity contribution in [3.05, 3.63) is 71.6 Å². The third-order valence-corrected chi connectivity index (χ3v) is 7.36. The van der Waals surface area contributed by atoms with E-state index in [1.807, 2.05) is 23.1 Å². The number of carbonyl (C=O) groups is 2. The Balaban J connectivity index is 1.43. The molecule has 0 bridgehead atoms. The van der Waals surface area contributed by atoms with Gasteiger partial charge < -0.3 is 24.2 Å². The second kappa shape index (κ2) is 12.9. The molecule has 40 heavy (non-hydrogen) atoms. The largest absolute Gasteiger partial charge is 0.497 e. The molecule has 2 amide bonds. The Hall–Kier alpha value is -3.98. The third kappa shape index (κ3) is 6.77. The number of likely N-dealkylation sites (tertiary alicyclic amines) is 1. The van der Waals surface area contributed by atoms with Crippen LogP contribution < -0.4 is 9.64 Å². The topological polar surface area (TPSA) is 75.2 Å². The van der Waals surface area contributed by atoms with Crippen LogP contribution in [0.5, 0.6) is 5.75 Å². The number of methoxy groups -OCH3 is 1. The first kappa shape index (κ1) is 27.6. The molecular formula is C31H35FN4O4. The number of anilines is 1. The molecule has 0 unspecified atom stereocenters. The van der Waals surface area contributed by atoms with E-state index >= 15 is 0 Å². The molecule has 2 aliphatic heterocycles. The van der Waals surface area contributed by atoms with Crippen LogP contribution in [0.2, 0.25) is 0 Å². The van der Waals surface area contributed by atoms with Gasteiger partial charge in [-0.25, -0.2) is 9.37 Å². The summed E-state index contributed by atoms with van der Waals surface area (Å²) in [4.78, 5) is 36.5. The van der Waals surface area contributed by atoms with Crippen LogP contribution in [0.3, 0.4) is 0 Å². The Kier molecular flexibility index (Phi) is 8.91. The van der Waals surface area contributed by atoms with Gasteiger partial charge in [-0.2, -0.15) is 0 Å². The summed E-state index contributed by atoms with van der Waals surface area (Å²) < 4.78 is 24.7. The molecule has 2 aromatic carbocycles. The normalized spacial score (nSPS) is 15.8. The summed E-state index contributed by atoms with van der Waals surface area (Å²) in [6.07, 6.45) is 5.26. The molecule has 2 saturated heterocycles. The molecule has 0 saturated carbocycles. The van der Waals surface area contributed by atoms with Gasteiger partial charge in [-0.1, -0.05) is 12.1 Å². The summed E-state index contributed by atoms with van der Waals surface area (Å²) in [7, 11) is 1.63. The average molecular weight is 547 g/mol. The maximum atomic E-state index is 13.7. The van der Waals surface area contributed by atoms with Crippen molar-refractivity contribution in [3.63, 3.8) is 0 Å². The summed E-state index contributed by atoms with van der Waals surface area (Å²) in [6, 6.07) is 14.0. The second-order valence-electron chi connectivity index (χ2n) is 10.1. The van der Waals surface area contributed by atoms with Crippen LogP contribution in [0.25, 0.3) is 17.0 Å². The van der Waals surface area contributed by atoms with Crippen molar-refractivity contribution in [2.75, 3.05) is 57.9 Å². The van der Waals surface area contributed by atoms with Crippen molar-refractivity contribution in [2.24, 2.45) is 0 Å². The maximum absolute atomic E-state index is 13.7. The fraction of sp³-hybridized carbons (Fsp3) is 0.387. The molecule has 0 N–H and O–H groups in total. The second-order valence-corrected chi connectivity index (χ2v) is 10.1. The smallest absolute Gasteiger partial charge is 0.246 e. The van der Waals surface area contributed by atoms with Gasteiger partial charge in [0.25, 0.3) is 0 Å². The number of nitrogens with zero attached hydrogens (tertiary/aromatic N) is 4. The van der Waals surface area contributed by atoms with Gasteiger partial charge >= 0.3 is 0 Å². The summed E-state index contributed by atoms with van der Waals surface area (Å²) in [5.41, 5.74) is 2.37. The number of ether oxygens (including phenoxy) is 2.